The van der Waals surface area contributed by atoms with Gasteiger partial charge in [-0.25, -0.2) is 0 Å². The first-order valence-corrected chi connectivity index (χ1v) is 22.5. The number of anilines is 3. The van der Waals surface area contributed by atoms with E-state index in [-0.39, 0.29) is 10.8 Å². The molecule has 0 amide bonds. The molecule has 9 aromatic rings. The SMILES string of the molecule is C=Cc1c(C/C=C\C)oc2cc(-c3ccc(N(c4ccc(-c5ccccc5)cc4)c4ccc5c(c4)C(C)(C)c4cc6c(cc4-5)C(C)(C)c4cccc(-c5ccccc5)c4-6)cc3)ccc12. The first-order chi connectivity index (χ1) is 31.1. The van der Waals surface area contributed by atoms with Crippen LogP contribution in [0.3, 0.4) is 0 Å². The van der Waals surface area contributed by atoms with Gasteiger partial charge in [0.1, 0.15) is 11.3 Å². The molecule has 0 saturated heterocycles. The highest BCUT2D eigenvalue weighted by molar-refractivity contribution is 5.97. The van der Waals surface area contributed by atoms with E-state index >= 15 is 0 Å². The van der Waals surface area contributed by atoms with Crippen molar-refractivity contribution < 1.29 is 4.42 Å². The van der Waals surface area contributed by atoms with Gasteiger partial charge < -0.3 is 9.32 Å². The Hall–Kier alpha value is -7.42. The molecule has 64 heavy (non-hydrogen) atoms. The van der Waals surface area contributed by atoms with Gasteiger partial charge in [-0.05, 0) is 145 Å². The van der Waals surface area contributed by atoms with Crippen LogP contribution in [0.15, 0.2) is 199 Å². The largest absolute Gasteiger partial charge is 0.460 e. The monoisotopic (exact) mass is 825 g/mol. The van der Waals surface area contributed by atoms with Crippen molar-refractivity contribution in [3.05, 3.63) is 228 Å². The van der Waals surface area contributed by atoms with Crippen LogP contribution in [0.4, 0.5) is 17.1 Å². The van der Waals surface area contributed by atoms with Crippen molar-refractivity contribution in [2.75, 3.05) is 4.90 Å². The summed E-state index contributed by atoms with van der Waals surface area (Å²) in [6, 6.07) is 65.0. The summed E-state index contributed by atoms with van der Waals surface area (Å²) in [6.45, 7) is 15.7. The molecule has 2 aliphatic rings. The van der Waals surface area contributed by atoms with Gasteiger partial charge in [0, 0.05) is 45.3 Å². The lowest BCUT2D eigenvalue weighted by atomic mass is 9.79. The highest BCUT2D eigenvalue weighted by Crippen LogP contribution is 2.58. The van der Waals surface area contributed by atoms with E-state index in [9.17, 15) is 0 Å². The number of fused-ring (bicyclic) bond motifs is 7. The molecule has 1 heterocycles. The van der Waals surface area contributed by atoms with E-state index in [1.54, 1.807) is 0 Å². The molecule has 8 aromatic carbocycles. The van der Waals surface area contributed by atoms with E-state index in [1.807, 2.05) is 13.0 Å². The zero-order valence-corrected chi connectivity index (χ0v) is 37.2. The van der Waals surface area contributed by atoms with E-state index in [1.165, 1.54) is 66.8 Å². The predicted molar refractivity (Wildman–Crippen MR) is 271 cm³/mol. The highest BCUT2D eigenvalue weighted by Gasteiger charge is 2.42. The Morgan fingerprint density at radius 3 is 1.72 bits per heavy atom. The molecule has 0 atom stereocenters. The smallest absolute Gasteiger partial charge is 0.135 e. The molecule has 11 rings (SSSR count). The molecule has 0 fully saturated rings. The maximum absolute atomic E-state index is 6.39. The Bertz CT molecular complexity index is 3290. The topological polar surface area (TPSA) is 16.4 Å². The van der Waals surface area contributed by atoms with Gasteiger partial charge in [-0.15, -0.1) is 0 Å². The molecule has 0 unspecified atom stereocenters. The van der Waals surface area contributed by atoms with Crippen molar-refractivity contribution in [3.8, 4) is 55.6 Å². The van der Waals surface area contributed by atoms with Crippen LogP contribution in [0, 0.1) is 0 Å². The lowest BCUT2D eigenvalue weighted by Crippen LogP contribution is -2.17. The average Bonchev–Trinajstić information content (AvgIpc) is 3.89. The van der Waals surface area contributed by atoms with Crippen LogP contribution in [-0.4, -0.2) is 0 Å². The van der Waals surface area contributed by atoms with Crippen molar-refractivity contribution in [3.63, 3.8) is 0 Å². The summed E-state index contributed by atoms with van der Waals surface area (Å²) in [7, 11) is 0. The summed E-state index contributed by atoms with van der Waals surface area (Å²) in [5.74, 6) is 0.945. The van der Waals surface area contributed by atoms with Crippen molar-refractivity contribution in [2.45, 2.75) is 51.9 Å². The van der Waals surface area contributed by atoms with Gasteiger partial charge in [-0.1, -0.05) is 168 Å². The van der Waals surface area contributed by atoms with Gasteiger partial charge in [0.05, 0.1) is 0 Å². The van der Waals surface area contributed by atoms with Gasteiger partial charge >= 0.3 is 0 Å². The molecule has 0 N–H and O–H groups in total. The molecule has 0 aliphatic heterocycles. The van der Waals surface area contributed by atoms with E-state index < -0.39 is 0 Å². The molecular formula is C62H51NO. The third kappa shape index (κ3) is 6.23. The first kappa shape index (κ1) is 39.4. The molecular weight excluding hydrogens is 775 g/mol. The quantitative estimate of drug-likeness (QED) is 0.135. The van der Waals surface area contributed by atoms with Crippen molar-refractivity contribution in [2.24, 2.45) is 0 Å². The molecule has 0 saturated carbocycles. The zero-order valence-electron chi connectivity index (χ0n) is 37.2. The van der Waals surface area contributed by atoms with E-state index in [0.29, 0.717) is 0 Å². The molecule has 2 aliphatic carbocycles. The summed E-state index contributed by atoms with van der Waals surface area (Å²) in [4.78, 5) is 2.41. The first-order valence-electron chi connectivity index (χ1n) is 22.5. The number of rotatable bonds is 9. The number of hydrogen-bond acceptors (Lipinski definition) is 2. The van der Waals surface area contributed by atoms with Gasteiger partial charge in [0.2, 0.25) is 0 Å². The lowest BCUT2D eigenvalue weighted by Gasteiger charge is -2.28. The third-order valence-corrected chi connectivity index (χ3v) is 14.1. The Kier molecular flexibility index (Phi) is 9.33. The second-order valence-corrected chi connectivity index (χ2v) is 18.4. The van der Waals surface area contributed by atoms with Crippen molar-refractivity contribution in [1.82, 2.24) is 0 Å². The van der Waals surface area contributed by atoms with E-state index in [4.69, 9.17) is 4.42 Å². The number of benzene rings is 8. The normalized spacial score (nSPS) is 14.0. The number of allylic oxidation sites excluding steroid dienone is 2. The number of furan rings is 1. The van der Waals surface area contributed by atoms with Crippen LogP contribution in [0.1, 0.15) is 68.2 Å². The number of nitrogens with zero attached hydrogens (tertiary/aromatic N) is 1. The number of hydrogen-bond donors (Lipinski definition) is 0. The fraction of sp³-hybridized carbons (Fsp3) is 0.129. The third-order valence-electron chi connectivity index (χ3n) is 14.1. The second-order valence-electron chi connectivity index (χ2n) is 18.4. The molecule has 1 aromatic heterocycles. The lowest BCUT2D eigenvalue weighted by molar-refractivity contribution is 0.564. The predicted octanol–water partition coefficient (Wildman–Crippen LogP) is 17.3. The molecule has 0 bridgehead atoms. The standard InChI is InChI=1S/C62H51NO/c1-7-9-23-58-48(8-2)51-34-28-44(36-59(51)64-58)42-26-31-46(32-27-42)63(45-29-24-41(25-30-45)40-17-12-10-13-18-40)47-33-35-50-52-38-57-53(39-56(52)62(5,6)55(50)37-47)60-49(43-19-14-11-15-20-43)21-16-22-54(60)61(57,3)4/h7-22,24-39H,2,23H2,1,3-6H3/b9-7-. The summed E-state index contributed by atoms with van der Waals surface area (Å²) >= 11 is 0. The minimum Gasteiger partial charge on any atom is -0.460 e. The van der Waals surface area contributed by atoms with Crippen LogP contribution in [-0.2, 0) is 17.3 Å². The fourth-order valence-electron chi connectivity index (χ4n) is 10.6. The van der Waals surface area contributed by atoms with Crippen LogP contribution in [0.25, 0.3) is 72.7 Å². The Morgan fingerprint density at radius 1 is 0.484 bits per heavy atom. The van der Waals surface area contributed by atoms with Gasteiger partial charge in [-0.2, -0.15) is 0 Å². The summed E-state index contributed by atoms with van der Waals surface area (Å²) < 4.78 is 6.39. The van der Waals surface area contributed by atoms with Crippen LogP contribution in [0.2, 0.25) is 0 Å². The second kappa shape index (κ2) is 15.1. The van der Waals surface area contributed by atoms with E-state index in [0.717, 1.165) is 56.9 Å². The van der Waals surface area contributed by atoms with E-state index in [2.05, 4.69) is 227 Å². The Labute approximate surface area is 377 Å². The molecule has 2 nitrogen and oxygen atoms in total. The maximum atomic E-state index is 6.39. The molecule has 2 heteroatoms. The van der Waals surface area contributed by atoms with Crippen LogP contribution >= 0.6 is 0 Å². The minimum atomic E-state index is -0.223. The summed E-state index contributed by atoms with van der Waals surface area (Å²) in [5, 5.41) is 1.09. The van der Waals surface area contributed by atoms with Crippen LogP contribution < -0.4 is 4.90 Å². The molecule has 310 valence electrons. The molecule has 0 radical (unpaired) electrons. The van der Waals surface area contributed by atoms with Gasteiger partial charge in [0.15, 0.2) is 0 Å². The van der Waals surface area contributed by atoms with Crippen molar-refractivity contribution >= 4 is 34.1 Å². The Morgan fingerprint density at radius 2 is 1.05 bits per heavy atom. The molecule has 0 spiro atoms. The fourth-order valence-corrected chi connectivity index (χ4v) is 10.6. The maximum Gasteiger partial charge on any atom is 0.135 e. The Balaban J connectivity index is 1.00. The summed E-state index contributed by atoms with van der Waals surface area (Å²) in [6.07, 6.45) is 6.84. The average molecular weight is 826 g/mol. The van der Waals surface area contributed by atoms with Crippen LogP contribution in [0.5, 0.6) is 0 Å². The highest BCUT2D eigenvalue weighted by atomic mass is 16.3. The van der Waals surface area contributed by atoms with Crippen molar-refractivity contribution in [1.29, 1.82) is 0 Å². The minimum absolute atomic E-state index is 0.125. The summed E-state index contributed by atoms with van der Waals surface area (Å²) in [5.41, 5.74) is 23.1. The zero-order chi connectivity index (χ0) is 43.7. The van der Waals surface area contributed by atoms with Gasteiger partial charge in [-0.3, -0.25) is 0 Å². The van der Waals surface area contributed by atoms with Gasteiger partial charge in [0.25, 0.3) is 0 Å².